The number of ether oxygens (including phenoxy) is 4. The molecule has 1 heterocycles. The summed E-state index contributed by atoms with van der Waals surface area (Å²) >= 11 is 0. The lowest BCUT2D eigenvalue weighted by Gasteiger charge is -2.31. The summed E-state index contributed by atoms with van der Waals surface area (Å²) in [5, 5.41) is 2.80. The van der Waals surface area contributed by atoms with Gasteiger partial charge in [-0.05, 0) is 43.2 Å². The van der Waals surface area contributed by atoms with Crippen LogP contribution in [0.3, 0.4) is 0 Å². The Labute approximate surface area is 193 Å². The molecule has 1 fully saturated rings. The van der Waals surface area contributed by atoms with Crippen molar-refractivity contribution >= 4 is 21.6 Å². The molecule has 1 amide bonds. The molecule has 9 nitrogen and oxygen atoms in total. The van der Waals surface area contributed by atoms with Crippen molar-refractivity contribution in [2.45, 2.75) is 42.8 Å². The molecule has 10 heteroatoms. The minimum absolute atomic E-state index is 0.0943. The van der Waals surface area contributed by atoms with Gasteiger partial charge in [0.25, 0.3) is 11.7 Å². The van der Waals surface area contributed by atoms with Crippen molar-refractivity contribution in [3.63, 3.8) is 0 Å². The summed E-state index contributed by atoms with van der Waals surface area (Å²) in [6, 6.07) is 9.48. The van der Waals surface area contributed by atoms with Gasteiger partial charge in [-0.2, -0.15) is 0 Å². The van der Waals surface area contributed by atoms with Crippen LogP contribution in [0, 0.1) is 0 Å². The van der Waals surface area contributed by atoms with Crippen molar-refractivity contribution in [1.82, 2.24) is 4.72 Å². The minimum Gasteiger partial charge on any atom is -0.495 e. The molecule has 2 N–H and O–H groups in total. The molecule has 2 aromatic carbocycles. The lowest BCUT2D eigenvalue weighted by atomic mass is 9.94. The van der Waals surface area contributed by atoms with E-state index < -0.39 is 21.7 Å². The number of benzene rings is 2. The maximum atomic E-state index is 12.9. The third-order valence-electron chi connectivity index (χ3n) is 5.72. The fraction of sp³-hybridized carbons (Fsp3) is 0.435. The lowest BCUT2D eigenvalue weighted by molar-refractivity contribution is -0.105. The molecule has 0 aromatic heterocycles. The molecule has 178 valence electrons. The van der Waals surface area contributed by atoms with Crippen LogP contribution in [0.1, 0.15) is 42.5 Å². The molecular weight excluding hydrogens is 448 g/mol. The highest BCUT2D eigenvalue weighted by molar-refractivity contribution is 7.89. The Morgan fingerprint density at radius 3 is 2.52 bits per heavy atom. The number of amides is 1. The van der Waals surface area contributed by atoms with Crippen LogP contribution < -0.4 is 24.2 Å². The number of hydrogen-bond donors (Lipinski definition) is 2. The van der Waals surface area contributed by atoms with E-state index in [1.165, 1.54) is 38.8 Å². The zero-order chi connectivity index (χ0) is 23.5. The molecule has 4 rings (SSSR count). The van der Waals surface area contributed by atoms with Crippen molar-refractivity contribution in [2.24, 2.45) is 0 Å². The number of rotatable bonds is 8. The van der Waals surface area contributed by atoms with E-state index in [0.29, 0.717) is 17.2 Å². The average molecular weight is 477 g/mol. The first-order chi connectivity index (χ1) is 15.9. The van der Waals surface area contributed by atoms with E-state index in [1.54, 1.807) is 18.2 Å². The van der Waals surface area contributed by atoms with Gasteiger partial charge in [0.2, 0.25) is 10.0 Å². The Bertz CT molecular complexity index is 1130. The summed E-state index contributed by atoms with van der Waals surface area (Å²) in [4.78, 5) is 12.8. The van der Waals surface area contributed by atoms with Gasteiger partial charge < -0.3 is 24.3 Å². The van der Waals surface area contributed by atoms with Crippen molar-refractivity contribution < 1.29 is 32.2 Å². The van der Waals surface area contributed by atoms with Crippen molar-refractivity contribution in [3.8, 4) is 17.2 Å². The lowest BCUT2D eigenvalue weighted by Crippen LogP contribution is -2.40. The van der Waals surface area contributed by atoms with Crippen LogP contribution >= 0.6 is 0 Å². The van der Waals surface area contributed by atoms with Gasteiger partial charge >= 0.3 is 0 Å². The predicted molar refractivity (Wildman–Crippen MR) is 122 cm³/mol. The number of carbonyl (C=O) groups is 1. The van der Waals surface area contributed by atoms with Gasteiger partial charge in [-0.15, -0.1) is 0 Å². The van der Waals surface area contributed by atoms with Crippen LogP contribution in [0.15, 0.2) is 41.3 Å². The normalized spacial score (nSPS) is 16.5. The van der Waals surface area contributed by atoms with Gasteiger partial charge in [0.1, 0.15) is 10.6 Å². The molecule has 1 aliphatic carbocycles. The number of carbonyl (C=O) groups excluding carboxylic acids is 1. The average Bonchev–Trinajstić information content (AvgIpc) is 3.15. The van der Waals surface area contributed by atoms with Crippen LogP contribution in [0.5, 0.6) is 17.2 Å². The van der Waals surface area contributed by atoms with Crippen LogP contribution in [0.2, 0.25) is 0 Å². The topological polar surface area (TPSA) is 112 Å². The van der Waals surface area contributed by atoms with Gasteiger partial charge in [0.05, 0.1) is 13.7 Å². The molecule has 1 spiro atoms. The van der Waals surface area contributed by atoms with Gasteiger partial charge in [0.15, 0.2) is 11.5 Å². The third-order valence-corrected chi connectivity index (χ3v) is 7.20. The maximum Gasteiger partial charge on any atom is 0.255 e. The van der Waals surface area contributed by atoms with E-state index >= 15 is 0 Å². The van der Waals surface area contributed by atoms with E-state index in [2.05, 4.69) is 10.0 Å². The Kier molecular flexibility index (Phi) is 6.78. The van der Waals surface area contributed by atoms with Gasteiger partial charge in [0, 0.05) is 43.8 Å². The van der Waals surface area contributed by atoms with Crippen molar-refractivity contribution in [3.05, 3.63) is 42.0 Å². The zero-order valence-corrected chi connectivity index (χ0v) is 19.5. The maximum absolute atomic E-state index is 12.9. The second-order valence-electron chi connectivity index (χ2n) is 8.05. The van der Waals surface area contributed by atoms with Crippen LogP contribution in [-0.4, -0.2) is 47.5 Å². The molecule has 0 bridgehead atoms. The molecule has 0 unspecified atom stereocenters. The molecule has 0 saturated heterocycles. The molecule has 1 aliphatic heterocycles. The smallest absolute Gasteiger partial charge is 0.255 e. The second-order valence-corrected chi connectivity index (χ2v) is 9.78. The summed E-state index contributed by atoms with van der Waals surface area (Å²) in [5.41, 5.74) is 0.693. The van der Waals surface area contributed by atoms with Gasteiger partial charge in [-0.3, -0.25) is 4.79 Å². The van der Waals surface area contributed by atoms with Crippen LogP contribution in [-0.2, 0) is 14.8 Å². The Hall–Kier alpha value is -2.82. The van der Waals surface area contributed by atoms with Crippen LogP contribution in [0.25, 0.3) is 0 Å². The summed E-state index contributed by atoms with van der Waals surface area (Å²) in [7, 11) is -1.05. The fourth-order valence-corrected chi connectivity index (χ4v) is 5.26. The molecule has 33 heavy (non-hydrogen) atoms. The standard InChI is InChI=1S/C23H28N2O7S/c1-29-13-12-24-33(27,28)21-14-16(6-8-19(21)30-2)22(26)25-17-7-9-18-20(15-17)32-23(31-18)10-4-3-5-11-23/h6-9,14-15,24H,3-5,10-13H2,1-2H3,(H,25,26). The number of nitrogens with one attached hydrogen (secondary N) is 2. The molecule has 2 aromatic rings. The Morgan fingerprint density at radius 2 is 1.79 bits per heavy atom. The summed E-state index contributed by atoms with van der Waals surface area (Å²) < 4.78 is 50.1. The number of anilines is 1. The van der Waals surface area contributed by atoms with Crippen molar-refractivity contribution in [2.75, 3.05) is 32.7 Å². The summed E-state index contributed by atoms with van der Waals surface area (Å²) in [6.45, 7) is 0.310. The number of hydrogen-bond acceptors (Lipinski definition) is 7. The number of sulfonamides is 1. The monoisotopic (exact) mass is 476 g/mol. The Morgan fingerprint density at radius 1 is 1.03 bits per heavy atom. The summed E-state index contributed by atoms with van der Waals surface area (Å²) in [6.07, 6.45) is 4.96. The predicted octanol–water partition coefficient (Wildman–Crippen LogP) is 3.30. The molecule has 1 saturated carbocycles. The highest BCUT2D eigenvalue weighted by atomic mass is 32.2. The molecule has 0 radical (unpaired) electrons. The van der Waals surface area contributed by atoms with Crippen molar-refractivity contribution in [1.29, 1.82) is 0 Å². The minimum atomic E-state index is -3.90. The highest BCUT2D eigenvalue weighted by Crippen LogP contribution is 2.46. The molecule has 0 atom stereocenters. The first-order valence-corrected chi connectivity index (χ1v) is 12.3. The SMILES string of the molecule is COCCNS(=O)(=O)c1cc(C(=O)Nc2ccc3c(c2)OC2(CCCCC2)O3)ccc1OC. The van der Waals surface area contributed by atoms with E-state index in [4.69, 9.17) is 18.9 Å². The first kappa shape index (κ1) is 23.3. The fourth-order valence-electron chi connectivity index (χ4n) is 4.05. The van der Waals surface area contributed by atoms with E-state index in [1.807, 2.05) is 0 Å². The zero-order valence-electron chi connectivity index (χ0n) is 18.7. The van der Waals surface area contributed by atoms with E-state index in [0.717, 1.165) is 25.7 Å². The second kappa shape index (κ2) is 9.58. The third kappa shape index (κ3) is 5.07. The van der Waals surface area contributed by atoms with Crippen LogP contribution in [0.4, 0.5) is 5.69 Å². The van der Waals surface area contributed by atoms with Gasteiger partial charge in [-0.1, -0.05) is 6.42 Å². The molecular formula is C23H28N2O7S. The summed E-state index contributed by atoms with van der Waals surface area (Å²) in [5.74, 6) is 0.331. The number of methoxy groups -OCH3 is 2. The number of fused-ring (bicyclic) bond motifs is 1. The highest BCUT2D eigenvalue weighted by Gasteiger charge is 2.42. The molecule has 2 aliphatic rings. The van der Waals surface area contributed by atoms with Gasteiger partial charge in [-0.25, -0.2) is 13.1 Å². The Balaban J connectivity index is 1.51. The first-order valence-electron chi connectivity index (χ1n) is 10.9. The van der Waals surface area contributed by atoms with E-state index in [9.17, 15) is 13.2 Å². The largest absolute Gasteiger partial charge is 0.495 e. The van der Waals surface area contributed by atoms with E-state index in [-0.39, 0.29) is 29.4 Å². The quantitative estimate of drug-likeness (QED) is 0.562.